The smallest absolute Gasteiger partial charge is 0.330 e. The second kappa shape index (κ2) is 8.72. The van der Waals surface area contributed by atoms with Crippen molar-refractivity contribution in [2.75, 3.05) is 7.11 Å². The molecule has 18 heavy (non-hydrogen) atoms. The van der Waals surface area contributed by atoms with E-state index in [0.29, 0.717) is 6.42 Å². The van der Waals surface area contributed by atoms with Crippen molar-refractivity contribution in [2.24, 2.45) is 0 Å². The number of carbonyl (C=O) groups excluding carboxylic acids is 2. The molecule has 0 N–H and O–H groups in total. The molecular weight excluding hydrogens is 232 g/mol. The van der Waals surface area contributed by atoms with E-state index in [2.05, 4.69) is 4.74 Å². The lowest BCUT2D eigenvalue weighted by atomic mass is 10.0. The van der Waals surface area contributed by atoms with Crippen LogP contribution in [0, 0.1) is 0 Å². The van der Waals surface area contributed by atoms with E-state index in [4.69, 9.17) is 4.74 Å². The molecule has 1 aliphatic heterocycles. The highest BCUT2D eigenvalue weighted by atomic mass is 16.5. The van der Waals surface area contributed by atoms with E-state index in [1.165, 1.54) is 13.2 Å². The maximum atomic E-state index is 11.0. The van der Waals surface area contributed by atoms with Crippen LogP contribution in [-0.4, -0.2) is 25.2 Å². The Bertz CT molecular complexity index is 296. The number of rotatable bonds is 8. The number of ether oxygens (including phenoxy) is 2. The lowest BCUT2D eigenvalue weighted by Crippen LogP contribution is -2.19. The summed E-state index contributed by atoms with van der Waals surface area (Å²) < 4.78 is 9.75. The maximum absolute atomic E-state index is 11.0. The largest absolute Gasteiger partial charge is 0.469 e. The van der Waals surface area contributed by atoms with Gasteiger partial charge in [-0.15, -0.1) is 0 Å². The van der Waals surface area contributed by atoms with Gasteiger partial charge in [0.25, 0.3) is 0 Å². The summed E-state index contributed by atoms with van der Waals surface area (Å²) in [6, 6.07) is 0. The monoisotopic (exact) mass is 254 g/mol. The van der Waals surface area contributed by atoms with Gasteiger partial charge in [0.05, 0.1) is 7.11 Å². The molecule has 0 bridgehead atoms. The minimum absolute atomic E-state index is 0.0672. The maximum Gasteiger partial charge on any atom is 0.330 e. The molecule has 0 aromatic rings. The van der Waals surface area contributed by atoms with Crippen molar-refractivity contribution in [3.8, 4) is 0 Å². The molecule has 1 heterocycles. The molecule has 1 atom stereocenters. The predicted octanol–water partition coefficient (Wildman–Crippen LogP) is 2.76. The standard InChI is InChI=1S/C14H22O4/c1-17-13(15)10-6-4-2-3-5-8-12-9-7-11-14(16)18-12/h7,11-12H,2-6,8-10H2,1H3. The second-order valence-corrected chi connectivity index (χ2v) is 4.58. The van der Waals surface area contributed by atoms with Gasteiger partial charge in [-0.2, -0.15) is 0 Å². The summed E-state index contributed by atoms with van der Waals surface area (Å²) in [5.41, 5.74) is 0. The van der Waals surface area contributed by atoms with Gasteiger partial charge in [0.15, 0.2) is 0 Å². The molecule has 0 aromatic heterocycles. The third-order valence-electron chi connectivity index (χ3n) is 3.07. The average molecular weight is 254 g/mol. The van der Waals surface area contributed by atoms with Gasteiger partial charge in [0.1, 0.15) is 6.10 Å². The number of hydrogen-bond donors (Lipinski definition) is 0. The number of methoxy groups -OCH3 is 1. The van der Waals surface area contributed by atoms with Gasteiger partial charge >= 0.3 is 11.9 Å². The summed E-state index contributed by atoms with van der Waals surface area (Å²) in [4.78, 5) is 21.8. The molecule has 102 valence electrons. The molecule has 0 amide bonds. The number of esters is 2. The van der Waals surface area contributed by atoms with E-state index in [0.717, 1.165) is 44.9 Å². The van der Waals surface area contributed by atoms with E-state index in [1.54, 1.807) is 0 Å². The van der Waals surface area contributed by atoms with Gasteiger partial charge in [0, 0.05) is 18.9 Å². The average Bonchev–Trinajstić information content (AvgIpc) is 2.37. The SMILES string of the molecule is COC(=O)CCCCCCCC1CC=CC(=O)O1. The lowest BCUT2D eigenvalue weighted by molar-refractivity contribution is -0.144. The number of cyclic esters (lactones) is 1. The van der Waals surface area contributed by atoms with Crippen LogP contribution in [0.1, 0.15) is 51.4 Å². The van der Waals surface area contributed by atoms with Crippen LogP contribution in [0.25, 0.3) is 0 Å². The van der Waals surface area contributed by atoms with Gasteiger partial charge in [-0.05, 0) is 19.3 Å². The summed E-state index contributed by atoms with van der Waals surface area (Å²) in [7, 11) is 1.42. The fourth-order valence-electron chi connectivity index (χ4n) is 2.02. The van der Waals surface area contributed by atoms with Crippen molar-refractivity contribution in [3.63, 3.8) is 0 Å². The zero-order valence-electron chi connectivity index (χ0n) is 11.0. The van der Waals surface area contributed by atoms with Crippen molar-refractivity contribution in [1.82, 2.24) is 0 Å². The normalized spacial score (nSPS) is 18.5. The van der Waals surface area contributed by atoms with Crippen LogP contribution in [-0.2, 0) is 19.1 Å². The minimum Gasteiger partial charge on any atom is -0.469 e. The summed E-state index contributed by atoms with van der Waals surface area (Å²) in [6.07, 6.45) is 11.0. The Balaban J connectivity index is 1.91. The van der Waals surface area contributed by atoms with Crippen LogP contribution < -0.4 is 0 Å². The number of carbonyl (C=O) groups is 2. The molecule has 4 heteroatoms. The van der Waals surface area contributed by atoms with Crippen molar-refractivity contribution >= 4 is 11.9 Å². The molecular formula is C14H22O4. The van der Waals surface area contributed by atoms with Gasteiger partial charge in [-0.3, -0.25) is 4.79 Å². The van der Waals surface area contributed by atoms with E-state index in [9.17, 15) is 9.59 Å². The Kier molecular flexibility index (Phi) is 7.14. The van der Waals surface area contributed by atoms with E-state index >= 15 is 0 Å². The number of hydrogen-bond acceptors (Lipinski definition) is 4. The third kappa shape index (κ3) is 6.42. The third-order valence-corrected chi connectivity index (χ3v) is 3.07. The molecule has 1 aliphatic rings. The van der Waals surface area contributed by atoms with Crippen molar-refractivity contribution in [1.29, 1.82) is 0 Å². The molecule has 0 fully saturated rings. The fraction of sp³-hybridized carbons (Fsp3) is 0.714. The van der Waals surface area contributed by atoms with Gasteiger partial charge in [0.2, 0.25) is 0 Å². The second-order valence-electron chi connectivity index (χ2n) is 4.58. The summed E-state index contributed by atoms with van der Waals surface area (Å²) >= 11 is 0. The topological polar surface area (TPSA) is 52.6 Å². The van der Waals surface area contributed by atoms with Gasteiger partial charge in [-0.1, -0.05) is 25.3 Å². The van der Waals surface area contributed by atoms with E-state index in [1.807, 2.05) is 6.08 Å². The summed E-state index contributed by atoms with van der Waals surface area (Å²) in [6.45, 7) is 0. The molecule has 0 spiro atoms. The molecule has 0 saturated heterocycles. The van der Waals surface area contributed by atoms with E-state index in [-0.39, 0.29) is 18.0 Å². The first-order valence-corrected chi connectivity index (χ1v) is 6.66. The van der Waals surface area contributed by atoms with Crippen LogP contribution in [0.5, 0.6) is 0 Å². The molecule has 0 aromatic carbocycles. The first kappa shape index (κ1) is 14.7. The summed E-state index contributed by atoms with van der Waals surface area (Å²) in [5.74, 6) is -0.347. The minimum atomic E-state index is -0.218. The molecule has 0 saturated carbocycles. The van der Waals surface area contributed by atoms with Crippen LogP contribution in [0.3, 0.4) is 0 Å². The first-order chi connectivity index (χ1) is 8.72. The fourth-order valence-corrected chi connectivity index (χ4v) is 2.02. The summed E-state index contributed by atoms with van der Waals surface area (Å²) in [5, 5.41) is 0. The predicted molar refractivity (Wildman–Crippen MR) is 68.0 cm³/mol. The Morgan fingerprint density at radius 1 is 1.33 bits per heavy atom. The van der Waals surface area contributed by atoms with Crippen LogP contribution in [0.2, 0.25) is 0 Å². The molecule has 1 rings (SSSR count). The molecule has 4 nitrogen and oxygen atoms in total. The lowest BCUT2D eigenvalue weighted by Gasteiger charge is -2.18. The highest BCUT2D eigenvalue weighted by Gasteiger charge is 2.14. The highest BCUT2D eigenvalue weighted by Crippen LogP contribution is 2.16. The number of unbranched alkanes of at least 4 members (excludes halogenated alkanes) is 4. The zero-order chi connectivity index (χ0) is 13.2. The first-order valence-electron chi connectivity index (χ1n) is 6.66. The van der Waals surface area contributed by atoms with E-state index < -0.39 is 0 Å². The molecule has 0 radical (unpaired) electrons. The highest BCUT2D eigenvalue weighted by molar-refractivity contribution is 5.82. The van der Waals surface area contributed by atoms with Crippen LogP contribution in [0.15, 0.2) is 12.2 Å². The van der Waals surface area contributed by atoms with Crippen molar-refractivity contribution in [3.05, 3.63) is 12.2 Å². The quantitative estimate of drug-likeness (QED) is 0.493. The van der Waals surface area contributed by atoms with Gasteiger partial charge < -0.3 is 9.47 Å². The zero-order valence-corrected chi connectivity index (χ0v) is 11.0. The van der Waals surface area contributed by atoms with Crippen molar-refractivity contribution in [2.45, 2.75) is 57.5 Å². The molecule has 0 aliphatic carbocycles. The van der Waals surface area contributed by atoms with Crippen LogP contribution in [0.4, 0.5) is 0 Å². The Morgan fingerprint density at radius 2 is 2.06 bits per heavy atom. The Labute approximate surface area is 108 Å². The van der Waals surface area contributed by atoms with Crippen molar-refractivity contribution < 1.29 is 19.1 Å². The molecule has 1 unspecified atom stereocenters. The van der Waals surface area contributed by atoms with Gasteiger partial charge in [-0.25, -0.2) is 4.79 Å². The van der Waals surface area contributed by atoms with Crippen LogP contribution >= 0.6 is 0 Å². The Hall–Kier alpha value is -1.32. The Morgan fingerprint density at radius 3 is 2.78 bits per heavy atom.